The lowest BCUT2D eigenvalue weighted by atomic mass is 10.1. The summed E-state index contributed by atoms with van der Waals surface area (Å²) in [6, 6.07) is 7.46. The third-order valence-electron chi connectivity index (χ3n) is 2.43. The Morgan fingerprint density at radius 1 is 1.39 bits per heavy atom. The van der Waals surface area contributed by atoms with Crippen LogP contribution in [0.2, 0.25) is 0 Å². The van der Waals surface area contributed by atoms with Crippen molar-refractivity contribution in [3.63, 3.8) is 0 Å². The molecule has 0 saturated carbocycles. The van der Waals surface area contributed by atoms with Gasteiger partial charge < -0.3 is 4.42 Å². The molecule has 0 atom stereocenters. The number of anilines is 1. The zero-order valence-corrected chi connectivity index (χ0v) is 10.4. The van der Waals surface area contributed by atoms with Crippen LogP contribution < -0.4 is 5.32 Å². The molecule has 0 fully saturated rings. The summed E-state index contributed by atoms with van der Waals surface area (Å²) in [4.78, 5) is 11.9. The van der Waals surface area contributed by atoms with Crippen molar-refractivity contribution in [3.05, 3.63) is 41.3 Å². The minimum atomic E-state index is -0.245. The van der Waals surface area contributed by atoms with Crippen LogP contribution in [-0.2, 0) is 6.42 Å². The van der Waals surface area contributed by atoms with Crippen molar-refractivity contribution in [2.75, 3.05) is 5.32 Å². The maximum absolute atomic E-state index is 11.9. The molecule has 94 valence electrons. The molecule has 5 heteroatoms. The number of carbonyl (C=O) groups is 1. The molecule has 1 aromatic heterocycles. The smallest absolute Gasteiger partial charge is 0.322 e. The summed E-state index contributed by atoms with van der Waals surface area (Å²) in [5, 5.41) is 10.2. The van der Waals surface area contributed by atoms with E-state index in [1.807, 2.05) is 26.0 Å². The van der Waals surface area contributed by atoms with Crippen molar-refractivity contribution in [1.29, 1.82) is 0 Å². The standard InChI is InChI=1S/C13H15N3O2/c1-3-5-11-15-16-13(18-11)14-12(17)10-7-4-6-9(2)8-10/h4,6-8H,3,5H2,1-2H3,(H,14,16,17). The summed E-state index contributed by atoms with van der Waals surface area (Å²) >= 11 is 0. The predicted octanol–water partition coefficient (Wildman–Crippen LogP) is 2.58. The van der Waals surface area contributed by atoms with E-state index < -0.39 is 0 Å². The van der Waals surface area contributed by atoms with Gasteiger partial charge in [-0.05, 0) is 25.5 Å². The zero-order chi connectivity index (χ0) is 13.0. The van der Waals surface area contributed by atoms with Gasteiger partial charge in [0.25, 0.3) is 5.91 Å². The fourth-order valence-corrected chi connectivity index (χ4v) is 1.57. The van der Waals surface area contributed by atoms with Crippen LogP contribution in [0.5, 0.6) is 0 Å². The molecule has 1 amide bonds. The minimum Gasteiger partial charge on any atom is -0.408 e. The molecule has 0 saturated heterocycles. The van der Waals surface area contributed by atoms with Crippen LogP contribution in [0.4, 0.5) is 6.01 Å². The SMILES string of the molecule is CCCc1nnc(NC(=O)c2cccc(C)c2)o1. The second-order valence-corrected chi connectivity index (χ2v) is 4.07. The lowest BCUT2D eigenvalue weighted by Crippen LogP contribution is -2.12. The third kappa shape index (κ3) is 2.94. The van der Waals surface area contributed by atoms with Gasteiger partial charge in [-0.3, -0.25) is 10.1 Å². The number of aromatic nitrogens is 2. The van der Waals surface area contributed by atoms with Crippen LogP contribution in [0.3, 0.4) is 0 Å². The van der Waals surface area contributed by atoms with Crippen molar-refractivity contribution < 1.29 is 9.21 Å². The Morgan fingerprint density at radius 3 is 2.94 bits per heavy atom. The Kier molecular flexibility index (Phi) is 3.72. The summed E-state index contributed by atoms with van der Waals surface area (Å²) in [6.45, 7) is 3.96. The topological polar surface area (TPSA) is 68.0 Å². The van der Waals surface area contributed by atoms with Crippen molar-refractivity contribution in [2.24, 2.45) is 0 Å². The van der Waals surface area contributed by atoms with E-state index in [2.05, 4.69) is 15.5 Å². The van der Waals surface area contributed by atoms with E-state index in [-0.39, 0.29) is 11.9 Å². The van der Waals surface area contributed by atoms with Gasteiger partial charge in [0, 0.05) is 12.0 Å². The van der Waals surface area contributed by atoms with E-state index >= 15 is 0 Å². The summed E-state index contributed by atoms with van der Waals surface area (Å²) in [5.41, 5.74) is 1.60. The molecule has 2 aromatic rings. The number of hydrogen-bond acceptors (Lipinski definition) is 4. The third-order valence-corrected chi connectivity index (χ3v) is 2.43. The number of nitrogens with zero attached hydrogens (tertiary/aromatic N) is 2. The van der Waals surface area contributed by atoms with E-state index in [1.54, 1.807) is 12.1 Å². The van der Waals surface area contributed by atoms with Crippen molar-refractivity contribution in [2.45, 2.75) is 26.7 Å². The highest BCUT2D eigenvalue weighted by atomic mass is 16.4. The van der Waals surface area contributed by atoms with E-state index in [0.717, 1.165) is 12.0 Å². The van der Waals surface area contributed by atoms with E-state index in [4.69, 9.17) is 4.42 Å². The first kappa shape index (κ1) is 12.3. The number of aryl methyl sites for hydroxylation is 2. The molecular formula is C13H15N3O2. The maximum Gasteiger partial charge on any atom is 0.322 e. The molecule has 0 aliphatic heterocycles. The average molecular weight is 245 g/mol. The average Bonchev–Trinajstić information content (AvgIpc) is 2.77. The Labute approximate surface area is 105 Å². The molecule has 0 bridgehead atoms. The summed E-state index contributed by atoms with van der Waals surface area (Å²) in [5.74, 6) is 0.294. The van der Waals surface area contributed by atoms with Crippen LogP contribution in [0.1, 0.15) is 35.2 Å². The fraction of sp³-hybridized carbons (Fsp3) is 0.308. The van der Waals surface area contributed by atoms with Gasteiger partial charge in [-0.2, -0.15) is 0 Å². The lowest BCUT2D eigenvalue weighted by molar-refractivity contribution is 0.102. The number of rotatable bonds is 4. The Bertz CT molecular complexity index is 549. The maximum atomic E-state index is 11.9. The molecular weight excluding hydrogens is 230 g/mol. The minimum absolute atomic E-state index is 0.143. The predicted molar refractivity (Wildman–Crippen MR) is 67.4 cm³/mol. The van der Waals surface area contributed by atoms with E-state index in [9.17, 15) is 4.79 Å². The highest BCUT2D eigenvalue weighted by molar-refractivity contribution is 6.03. The van der Waals surface area contributed by atoms with Crippen molar-refractivity contribution >= 4 is 11.9 Å². The van der Waals surface area contributed by atoms with Crippen LogP contribution in [0.15, 0.2) is 28.7 Å². The Hall–Kier alpha value is -2.17. The number of carbonyl (C=O) groups excluding carboxylic acids is 1. The van der Waals surface area contributed by atoms with Gasteiger partial charge in [-0.1, -0.05) is 29.7 Å². The highest BCUT2D eigenvalue weighted by Gasteiger charge is 2.11. The first-order chi connectivity index (χ1) is 8.69. The monoisotopic (exact) mass is 245 g/mol. The van der Waals surface area contributed by atoms with Gasteiger partial charge in [0.05, 0.1) is 0 Å². The number of nitrogens with one attached hydrogen (secondary N) is 1. The van der Waals surface area contributed by atoms with Crippen LogP contribution in [0.25, 0.3) is 0 Å². The zero-order valence-electron chi connectivity index (χ0n) is 10.4. The normalized spacial score (nSPS) is 10.3. The van der Waals surface area contributed by atoms with E-state index in [0.29, 0.717) is 17.9 Å². The summed E-state index contributed by atoms with van der Waals surface area (Å²) < 4.78 is 5.29. The van der Waals surface area contributed by atoms with Crippen LogP contribution >= 0.6 is 0 Å². The van der Waals surface area contributed by atoms with Gasteiger partial charge in [0.15, 0.2) is 0 Å². The second kappa shape index (κ2) is 5.44. The largest absolute Gasteiger partial charge is 0.408 e. The molecule has 18 heavy (non-hydrogen) atoms. The lowest BCUT2D eigenvalue weighted by Gasteiger charge is -2.01. The number of hydrogen-bond donors (Lipinski definition) is 1. The van der Waals surface area contributed by atoms with Crippen LogP contribution in [0, 0.1) is 6.92 Å². The second-order valence-electron chi connectivity index (χ2n) is 4.07. The molecule has 0 spiro atoms. The number of amides is 1. The quantitative estimate of drug-likeness (QED) is 0.898. The summed E-state index contributed by atoms with van der Waals surface area (Å²) in [6.07, 6.45) is 1.64. The van der Waals surface area contributed by atoms with Crippen molar-refractivity contribution in [3.8, 4) is 0 Å². The van der Waals surface area contributed by atoms with Crippen LogP contribution in [-0.4, -0.2) is 16.1 Å². The molecule has 1 aromatic carbocycles. The van der Waals surface area contributed by atoms with Gasteiger partial charge in [0.1, 0.15) is 0 Å². The molecule has 0 unspecified atom stereocenters. The van der Waals surface area contributed by atoms with Crippen molar-refractivity contribution in [1.82, 2.24) is 10.2 Å². The molecule has 5 nitrogen and oxygen atoms in total. The fourth-order valence-electron chi connectivity index (χ4n) is 1.57. The summed E-state index contributed by atoms with van der Waals surface area (Å²) in [7, 11) is 0. The van der Waals surface area contributed by atoms with E-state index in [1.165, 1.54) is 0 Å². The van der Waals surface area contributed by atoms with Gasteiger partial charge in [-0.25, -0.2) is 0 Å². The molecule has 1 N–H and O–H groups in total. The molecule has 0 aliphatic rings. The number of benzene rings is 1. The first-order valence-electron chi connectivity index (χ1n) is 5.89. The molecule has 1 heterocycles. The Morgan fingerprint density at radius 2 is 2.22 bits per heavy atom. The Balaban J connectivity index is 2.06. The van der Waals surface area contributed by atoms with Gasteiger partial charge >= 0.3 is 6.01 Å². The molecule has 0 aliphatic carbocycles. The molecule has 2 rings (SSSR count). The first-order valence-corrected chi connectivity index (χ1v) is 5.89. The van der Waals surface area contributed by atoms with Gasteiger partial charge in [0.2, 0.25) is 5.89 Å². The van der Waals surface area contributed by atoms with Gasteiger partial charge in [-0.15, -0.1) is 5.10 Å². The molecule has 0 radical (unpaired) electrons. The highest BCUT2D eigenvalue weighted by Crippen LogP contribution is 2.10.